The smallest absolute Gasteiger partial charge is 0.417 e. The number of halogens is 8. The molecule has 18 heteroatoms. The Morgan fingerprint density at radius 2 is 1.94 bits per heavy atom. The van der Waals surface area contributed by atoms with Crippen molar-refractivity contribution in [1.82, 2.24) is 19.8 Å². The van der Waals surface area contributed by atoms with Crippen molar-refractivity contribution in [3.63, 3.8) is 0 Å². The van der Waals surface area contributed by atoms with Gasteiger partial charge in [-0.2, -0.15) is 28.4 Å². The van der Waals surface area contributed by atoms with Crippen LogP contribution in [0.4, 0.5) is 45.9 Å². The molecule has 4 aromatic rings. The average Bonchev–Trinajstić information content (AvgIpc) is 3.60. The second kappa shape index (κ2) is 12.8. The first-order valence-corrected chi connectivity index (χ1v) is 18.4. The summed E-state index contributed by atoms with van der Waals surface area (Å²) in [7, 11) is 0. The van der Waals surface area contributed by atoms with E-state index in [1.54, 1.807) is 17.9 Å². The molecule has 3 aliphatic heterocycles. The number of hydrogen-bond donors (Lipinski definition) is 1. The van der Waals surface area contributed by atoms with Crippen molar-refractivity contribution in [2.75, 3.05) is 50.0 Å². The van der Waals surface area contributed by atoms with Gasteiger partial charge in [-0.3, -0.25) is 9.69 Å². The van der Waals surface area contributed by atoms with Gasteiger partial charge in [0.05, 0.1) is 21.4 Å². The highest BCUT2D eigenvalue weighted by Crippen LogP contribution is 2.51. The van der Waals surface area contributed by atoms with Gasteiger partial charge in [0, 0.05) is 61.4 Å². The summed E-state index contributed by atoms with van der Waals surface area (Å²) in [5.41, 5.74) is 1.50. The molecule has 2 N–H and O–H groups in total. The van der Waals surface area contributed by atoms with Gasteiger partial charge in [0.1, 0.15) is 46.9 Å². The Morgan fingerprint density at radius 3 is 2.63 bits per heavy atom. The number of rotatable bonds is 8. The van der Waals surface area contributed by atoms with Gasteiger partial charge in [-0.25, -0.2) is 22.0 Å². The maximum atomic E-state index is 17.2. The number of amides is 1. The molecule has 8 rings (SSSR count). The topological polar surface area (TPSA) is 112 Å². The largest absolute Gasteiger partial charge is 0.461 e. The van der Waals surface area contributed by atoms with E-state index in [0.29, 0.717) is 30.4 Å². The number of carbonyl (C=O) groups is 1. The molecule has 286 valence electrons. The zero-order valence-electron chi connectivity index (χ0n) is 28.8. The predicted octanol–water partition coefficient (Wildman–Crippen LogP) is 7.30. The number of benzene rings is 2. The van der Waals surface area contributed by atoms with E-state index >= 15 is 17.6 Å². The van der Waals surface area contributed by atoms with Crippen molar-refractivity contribution < 1.29 is 44.7 Å². The van der Waals surface area contributed by atoms with E-state index in [-0.39, 0.29) is 77.5 Å². The highest BCUT2D eigenvalue weighted by molar-refractivity contribution is 7.23. The number of thiophene rings is 1. The van der Waals surface area contributed by atoms with Crippen LogP contribution in [0.5, 0.6) is 6.01 Å². The minimum Gasteiger partial charge on any atom is -0.461 e. The third kappa shape index (κ3) is 5.85. The first-order chi connectivity index (χ1) is 25.6. The molecule has 0 spiro atoms. The number of alkyl halides is 6. The second-order valence-corrected chi connectivity index (χ2v) is 15.5. The van der Waals surface area contributed by atoms with Gasteiger partial charge in [0.2, 0.25) is 5.91 Å². The molecule has 3 saturated heterocycles. The first-order valence-electron chi connectivity index (χ1n) is 17.5. The van der Waals surface area contributed by atoms with Crippen LogP contribution in [0.25, 0.3) is 32.1 Å². The Hall–Kier alpha value is -4.50. The summed E-state index contributed by atoms with van der Waals surface area (Å²) in [5, 5.41) is 9.05. The molecule has 9 nitrogen and oxygen atoms in total. The lowest BCUT2D eigenvalue weighted by Crippen LogP contribution is -2.43. The zero-order chi connectivity index (χ0) is 38.5. The van der Waals surface area contributed by atoms with Crippen LogP contribution < -0.4 is 15.4 Å². The lowest BCUT2D eigenvalue weighted by atomic mass is 9.92. The lowest BCUT2D eigenvalue weighted by Gasteiger charge is -2.32. The molecule has 5 heterocycles. The number of fused-ring (bicyclic) bond motifs is 3. The summed E-state index contributed by atoms with van der Waals surface area (Å²) in [4.78, 5) is 26.5. The summed E-state index contributed by atoms with van der Waals surface area (Å²) in [6.45, 7) is 2.62. The van der Waals surface area contributed by atoms with E-state index in [1.165, 1.54) is 4.90 Å². The van der Waals surface area contributed by atoms with Crippen LogP contribution in [-0.4, -0.2) is 88.7 Å². The summed E-state index contributed by atoms with van der Waals surface area (Å²) in [6.07, 6.45) is -5.01. The van der Waals surface area contributed by atoms with Gasteiger partial charge in [0.25, 0.3) is 5.92 Å². The number of nitrogens with zero attached hydrogens (tertiary/aromatic N) is 6. The maximum absolute atomic E-state index is 17.2. The molecule has 1 amide bonds. The maximum Gasteiger partial charge on any atom is 0.417 e. The van der Waals surface area contributed by atoms with Crippen LogP contribution in [0.1, 0.15) is 50.2 Å². The van der Waals surface area contributed by atoms with Crippen molar-refractivity contribution in [1.29, 1.82) is 5.26 Å². The van der Waals surface area contributed by atoms with Gasteiger partial charge in [0.15, 0.2) is 5.82 Å². The normalized spacial score (nSPS) is 25.0. The molecule has 1 aliphatic carbocycles. The van der Waals surface area contributed by atoms with E-state index in [1.807, 2.05) is 4.90 Å². The number of aromatic nitrogens is 2. The average molecular weight is 780 g/mol. The number of hydrogen-bond acceptors (Lipinski definition) is 9. The summed E-state index contributed by atoms with van der Waals surface area (Å²) >= 11 is 0.645. The minimum absolute atomic E-state index is 0.0341. The van der Waals surface area contributed by atoms with E-state index in [2.05, 4.69) is 9.97 Å². The molecule has 2 aromatic carbocycles. The van der Waals surface area contributed by atoms with Gasteiger partial charge < -0.3 is 20.3 Å². The SMILES string of the molecule is CCN(c1nc(OCC23CCCN2CC(F)C3)nc2c(F)c(-c3ccc(F)c4sc(N)c(C#N)c34)c(C(F)(F)F)cc12)C1CCN(C(=O)C2CC2(F)F)C1. The van der Waals surface area contributed by atoms with Crippen LogP contribution in [0, 0.1) is 28.9 Å². The quantitative estimate of drug-likeness (QED) is 0.186. The van der Waals surface area contributed by atoms with E-state index in [4.69, 9.17) is 10.5 Å². The number of likely N-dealkylation sites (N-methyl/N-ethyl adjacent to an activating group) is 1. The van der Waals surface area contributed by atoms with Crippen molar-refractivity contribution in [2.45, 2.75) is 68.9 Å². The van der Waals surface area contributed by atoms with Gasteiger partial charge in [-0.1, -0.05) is 6.07 Å². The minimum atomic E-state index is -5.19. The third-order valence-electron chi connectivity index (χ3n) is 11.3. The predicted molar refractivity (Wildman–Crippen MR) is 184 cm³/mol. The number of nitrogens with two attached hydrogens (primary N) is 1. The molecule has 4 aliphatic rings. The van der Waals surface area contributed by atoms with Crippen LogP contribution in [0.2, 0.25) is 0 Å². The number of ether oxygens (including phenoxy) is 1. The summed E-state index contributed by atoms with van der Waals surface area (Å²) in [6, 6.07) is 3.31. The number of carbonyl (C=O) groups excluding carboxylic acids is 1. The molecule has 0 bridgehead atoms. The standard InChI is InChI=1S/C36H33F8N7O2S/c1-2-51(18-6-9-49(15-18)32(52)23-12-35(23,40)41)31-20-10-22(36(42,43)44)26(19-4-5-24(38)29-25(19)21(13-45)30(46)54-29)27(39)28(20)47-33(48-31)53-16-34-7-3-8-50(34)14-17(37)11-34/h4-5,10,17-18,23H,2-3,6-9,11-12,14-16,46H2,1H3. The Morgan fingerprint density at radius 1 is 1.19 bits per heavy atom. The number of nitrogen functional groups attached to an aromatic ring is 1. The van der Waals surface area contributed by atoms with Crippen LogP contribution in [-0.2, 0) is 11.0 Å². The van der Waals surface area contributed by atoms with Crippen LogP contribution >= 0.6 is 11.3 Å². The van der Waals surface area contributed by atoms with Crippen LogP contribution in [0.3, 0.4) is 0 Å². The lowest BCUT2D eigenvalue weighted by molar-refractivity contribution is -0.137. The number of likely N-dealkylation sites (tertiary alicyclic amines) is 1. The highest BCUT2D eigenvalue weighted by atomic mass is 32.1. The molecule has 4 atom stereocenters. The molecular formula is C36H33F8N7O2S. The van der Waals surface area contributed by atoms with Crippen molar-refractivity contribution >= 4 is 49.1 Å². The fourth-order valence-electron chi connectivity index (χ4n) is 8.60. The Kier molecular flexibility index (Phi) is 8.64. The molecule has 4 unspecified atom stereocenters. The van der Waals surface area contributed by atoms with Crippen molar-refractivity contribution in [3.05, 3.63) is 41.0 Å². The molecule has 2 aromatic heterocycles. The fourth-order valence-corrected chi connectivity index (χ4v) is 9.55. The molecule has 0 radical (unpaired) electrons. The molecular weight excluding hydrogens is 746 g/mol. The number of nitriles is 1. The van der Waals surface area contributed by atoms with Crippen molar-refractivity contribution in [3.8, 4) is 23.2 Å². The monoisotopic (exact) mass is 779 g/mol. The molecule has 4 fully saturated rings. The van der Waals surface area contributed by atoms with Crippen LogP contribution in [0.15, 0.2) is 18.2 Å². The summed E-state index contributed by atoms with van der Waals surface area (Å²) in [5.74, 6) is -7.70. The van der Waals surface area contributed by atoms with E-state index in [0.717, 1.165) is 18.6 Å². The summed E-state index contributed by atoms with van der Waals surface area (Å²) < 4.78 is 125. The van der Waals surface area contributed by atoms with E-state index in [9.17, 15) is 27.6 Å². The third-order valence-corrected chi connectivity index (χ3v) is 12.3. The Labute approximate surface area is 307 Å². The Bertz CT molecular complexity index is 2240. The van der Waals surface area contributed by atoms with Gasteiger partial charge in [-0.05, 0) is 50.4 Å². The fraction of sp³-hybridized carbons (Fsp3) is 0.500. The van der Waals surface area contributed by atoms with E-state index < -0.39 is 87.9 Å². The first kappa shape index (κ1) is 36.5. The molecule has 1 saturated carbocycles. The Balaban J connectivity index is 1.30. The molecule has 54 heavy (non-hydrogen) atoms. The number of anilines is 2. The van der Waals surface area contributed by atoms with Gasteiger partial charge >= 0.3 is 12.2 Å². The highest BCUT2D eigenvalue weighted by Gasteiger charge is 2.62. The van der Waals surface area contributed by atoms with Gasteiger partial charge in [-0.15, -0.1) is 11.3 Å². The second-order valence-electron chi connectivity index (χ2n) is 14.5. The zero-order valence-corrected chi connectivity index (χ0v) is 29.6. The van der Waals surface area contributed by atoms with Crippen molar-refractivity contribution in [2.24, 2.45) is 5.92 Å².